The Morgan fingerprint density at radius 3 is 2.00 bits per heavy atom. The largest absolute Gasteiger partial charge is 1.00 e. The molecule has 0 N–H and O–H groups in total. The van der Waals surface area contributed by atoms with Gasteiger partial charge in [-0.05, 0) is 0 Å². The van der Waals surface area contributed by atoms with Crippen molar-refractivity contribution in [1.29, 1.82) is 0 Å². The Hall–Kier alpha value is 0.350. The van der Waals surface area contributed by atoms with Crippen molar-refractivity contribution in [2.45, 2.75) is 13.3 Å². The Morgan fingerprint density at radius 1 is 1.25 bits per heavy atom. The zero-order chi connectivity index (χ0) is 5.11. The molecule has 0 atom stereocenters. The maximum absolute atomic E-state index is 2.16. The van der Waals surface area contributed by atoms with Crippen molar-refractivity contribution in [1.82, 2.24) is 0 Å². The molecule has 0 aliphatic carbocycles. The summed E-state index contributed by atoms with van der Waals surface area (Å²) in [6.45, 7) is 2.16. The maximum atomic E-state index is 2.16. The van der Waals surface area contributed by atoms with Crippen LogP contribution in [0.4, 0.5) is 0 Å². The van der Waals surface area contributed by atoms with Gasteiger partial charge < -0.3 is 0 Å². The summed E-state index contributed by atoms with van der Waals surface area (Å²) >= 11 is 0. The third kappa shape index (κ3) is 2.08. The summed E-state index contributed by atoms with van der Waals surface area (Å²) in [6, 6.07) is 8.41. The van der Waals surface area contributed by atoms with E-state index < -0.39 is 0 Å². The summed E-state index contributed by atoms with van der Waals surface area (Å²) in [4.78, 5) is 0. The fourth-order valence-corrected chi connectivity index (χ4v) is 0.650. The molecule has 0 saturated carbocycles. The van der Waals surface area contributed by atoms with Gasteiger partial charge in [0.2, 0.25) is 0 Å². The molecular weight excluding hydrogens is 107 g/mol. The van der Waals surface area contributed by atoms with E-state index in [4.69, 9.17) is 0 Å². The molecule has 0 nitrogen and oxygen atoms in total. The van der Waals surface area contributed by atoms with Gasteiger partial charge in [0, 0.05) is 0 Å². The summed E-state index contributed by atoms with van der Waals surface area (Å²) in [5.41, 5.74) is 1.43. The SMILES string of the molecule is CC[c-]1cccc1.[Na+]. The first-order chi connectivity index (χ1) is 3.43. The molecule has 1 aromatic rings. The summed E-state index contributed by atoms with van der Waals surface area (Å²) in [5, 5.41) is 0. The molecule has 0 aliphatic heterocycles. The molecule has 0 bridgehead atoms. The molecule has 38 valence electrons. The van der Waals surface area contributed by atoms with E-state index >= 15 is 0 Å². The Morgan fingerprint density at radius 2 is 1.75 bits per heavy atom. The van der Waals surface area contributed by atoms with E-state index in [1.165, 1.54) is 5.56 Å². The third-order valence-corrected chi connectivity index (χ3v) is 1.14. The normalized spacial score (nSPS) is 8.12. The molecule has 0 fully saturated rings. The predicted octanol–water partition coefficient (Wildman–Crippen LogP) is -1.03. The first-order valence-electron chi connectivity index (χ1n) is 2.64. The number of aryl methyl sites for hydroxylation is 1. The molecule has 8 heavy (non-hydrogen) atoms. The number of hydrogen-bond acceptors (Lipinski definition) is 0. The van der Waals surface area contributed by atoms with Crippen LogP contribution in [-0.4, -0.2) is 0 Å². The molecule has 1 heteroatoms. The van der Waals surface area contributed by atoms with Crippen molar-refractivity contribution < 1.29 is 29.6 Å². The zero-order valence-electron chi connectivity index (χ0n) is 5.52. The summed E-state index contributed by atoms with van der Waals surface area (Å²) in [7, 11) is 0. The van der Waals surface area contributed by atoms with Crippen LogP contribution < -0.4 is 29.6 Å². The fourth-order valence-electron chi connectivity index (χ4n) is 0.650. The summed E-state index contributed by atoms with van der Waals surface area (Å²) in [5.74, 6) is 0. The summed E-state index contributed by atoms with van der Waals surface area (Å²) in [6.07, 6.45) is 1.16. The second kappa shape index (κ2) is 4.25. The van der Waals surface area contributed by atoms with Crippen molar-refractivity contribution in [3.8, 4) is 0 Å². The quantitative estimate of drug-likeness (QED) is 0.325. The molecule has 0 spiro atoms. The van der Waals surface area contributed by atoms with Gasteiger partial charge in [0.1, 0.15) is 0 Å². The molecule has 0 saturated heterocycles. The van der Waals surface area contributed by atoms with E-state index in [2.05, 4.69) is 31.2 Å². The van der Waals surface area contributed by atoms with Crippen LogP contribution in [0.1, 0.15) is 12.5 Å². The zero-order valence-corrected chi connectivity index (χ0v) is 7.52. The number of hydrogen-bond donors (Lipinski definition) is 0. The van der Waals surface area contributed by atoms with E-state index in [0.29, 0.717) is 0 Å². The van der Waals surface area contributed by atoms with Gasteiger partial charge in [-0.25, -0.2) is 12.1 Å². The Kier molecular flexibility index (Phi) is 4.44. The van der Waals surface area contributed by atoms with Gasteiger partial charge in [-0.1, -0.05) is 13.3 Å². The minimum absolute atomic E-state index is 0. The van der Waals surface area contributed by atoms with E-state index in [9.17, 15) is 0 Å². The Bertz CT molecular complexity index is 119. The second-order valence-corrected chi connectivity index (χ2v) is 1.65. The standard InChI is InChI=1S/C7H9.Na/c1-2-7-5-3-4-6-7;/h3-6H,2H2,1H3;/q-1;+1. The second-order valence-electron chi connectivity index (χ2n) is 1.65. The molecular formula is C7H9Na. The third-order valence-electron chi connectivity index (χ3n) is 1.14. The van der Waals surface area contributed by atoms with Crippen molar-refractivity contribution in [2.24, 2.45) is 0 Å². The van der Waals surface area contributed by atoms with Crippen LogP contribution in [0.5, 0.6) is 0 Å². The van der Waals surface area contributed by atoms with Crippen LogP contribution in [0.3, 0.4) is 0 Å². The van der Waals surface area contributed by atoms with Crippen LogP contribution in [0.25, 0.3) is 0 Å². The minimum atomic E-state index is 0. The molecule has 0 aromatic heterocycles. The van der Waals surface area contributed by atoms with E-state index in [1.807, 2.05) is 0 Å². The van der Waals surface area contributed by atoms with Gasteiger partial charge in [0.15, 0.2) is 0 Å². The van der Waals surface area contributed by atoms with E-state index in [1.54, 1.807) is 0 Å². The van der Waals surface area contributed by atoms with Crippen LogP contribution in [0, 0.1) is 0 Å². The smallest absolute Gasteiger partial charge is 0.213 e. The average Bonchev–Trinajstić information content (AvgIpc) is 2.14. The first-order valence-corrected chi connectivity index (χ1v) is 2.64. The van der Waals surface area contributed by atoms with Gasteiger partial charge in [-0.2, -0.15) is 17.7 Å². The van der Waals surface area contributed by atoms with Gasteiger partial charge >= 0.3 is 29.6 Å². The fraction of sp³-hybridized carbons (Fsp3) is 0.286. The van der Waals surface area contributed by atoms with E-state index in [0.717, 1.165) is 6.42 Å². The molecule has 0 unspecified atom stereocenters. The monoisotopic (exact) mass is 116 g/mol. The van der Waals surface area contributed by atoms with E-state index in [-0.39, 0.29) is 29.6 Å². The van der Waals surface area contributed by atoms with Crippen LogP contribution in [0.2, 0.25) is 0 Å². The van der Waals surface area contributed by atoms with Crippen LogP contribution in [-0.2, 0) is 6.42 Å². The van der Waals surface area contributed by atoms with Crippen molar-refractivity contribution in [3.05, 3.63) is 29.8 Å². The number of rotatable bonds is 1. The molecule has 1 rings (SSSR count). The van der Waals surface area contributed by atoms with Crippen molar-refractivity contribution >= 4 is 0 Å². The summed E-state index contributed by atoms with van der Waals surface area (Å²) < 4.78 is 0. The Balaban J connectivity index is 0.000000490. The molecule has 0 heterocycles. The molecule has 1 aromatic carbocycles. The van der Waals surface area contributed by atoms with Crippen molar-refractivity contribution in [3.63, 3.8) is 0 Å². The topological polar surface area (TPSA) is 0 Å². The van der Waals surface area contributed by atoms with Crippen molar-refractivity contribution in [2.75, 3.05) is 0 Å². The molecule has 0 aliphatic rings. The van der Waals surface area contributed by atoms with Gasteiger partial charge in [-0.3, -0.25) is 0 Å². The predicted molar refractivity (Wildman–Crippen MR) is 31.4 cm³/mol. The molecule has 0 amide bonds. The van der Waals surface area contributed by atoms with Crippen LogP contribution >= 0.6 is 0 Å². The van der Waals surface area contributed by atoms with Gasteiger partial charge in [0.05, 0.1) is 0 Å². The average molecular weight is 116 g/mol. The minimum Gasteiger partial charge on any atom is -0.213 e. The first kappa shape index (κ1) is 8.35. The Labute approximate surface area is 72.6 Å². The van der Waals surface area contributed by atoms with Crippen LogP contribution in [0.15, 0.2) is 24.3 Å². The molecule has 0 radical (unpaired) electrons. The maximum Gasteiger partial charge on any atom is 1.00 e. The van der Waals surface area contributed by atoms with Gasteiger partial charge in [0.25, 0.3) is 0 Å². The van der Waals surface area contributed by atoms with Gasteiger partial charge in [-0.15, -0.1) is 0 Å².